The van der Waals surface area contributed by atoms with Crippen LogP contribution in [0.4, 0.5) is 5.82 Å². The molecule has 5 rings (SSSR count). The van der Waals surface area contributed by atoms with Crippen molar-refractivity contribution in [1.82, 2.24) is 29.6 Å². The highest BCUT2D eigenvalue weighted by Gasteiger charge is 2.28. The van der Waals surface area contributed by atoms with Gasteiger partial charge in [0.15, 0.2) is 11.5 Å². The molecule has 0 radical (unpaired) electrons. The van der Waals surface area contributed by atoms with Crippen LogP contribution in [0.1, 0.15) is 24.4 Å². The predicted molar refractivity (Wildman–Crippen MR) is 98.7 cm³/mol. The fourth-order valence-electron chi connectivity index (χ4n) is 3.70. The average Bonchev–Trinajstić information content (AvgIpc) is 3.40. The molecule has 7 nitrogen and oxygen atoms in total. The van der Waals surface area contributed by atoms with Crippen molar-refractivity contribution in [2.24, 2.45) is 7.05 Å². The molecule has 1 atom stereocenters. The Morgan fingerprint density at radius 3 is 2.73 bits per heavy atom. The number of nitrogens with zero attached hydrogens (tertiary/aromatic N) is 7. The van der Waals surface area contributed by atoms with Crippen molar-refractivity contribution >= 4 is 11.5 Å². The molecule has 1 aliphatic rings. The molecular formula is C19H19N7. The van der Waals surface area contributed by atoms with Gasteiger partial charge in [-0.1, -0.05) is 30.3 Å². The van der Waals surface area contributed by atoms with Gasteiger partial charge < -0.3 is 4.90 Å². The van der Waals surface area contributed by atoms with Crippen molar-refractivity contribution in [2.75, 3.05) is 11.4 Å². The number of hydrogen-bond acceptors (Lipinski definition) is 5. The summed E-state index contributed by atoms with van der Waals surface area (Å²) in [5, 5.41) is 17.8. The van der Waals surface area contributed by atoms with Crippen LogP contribution in [0.3, 0.4) is 0 Å². The van der Waals surface area contributed by atoms with Gasteiger partial charge in [0, 0.05) is 30.9 Å². The van der Waals surface area contributed by atoms with Gasteiger partial charge in [-0.05, 0) is 25.0 Å². The van der Waals surface area contributed by atoms with Crippen molar-refractivity contribution in [3.05, 3.63) is 60.4 Å². The molecule has 0 aliphatic carbocycles. The molecule has 1 saturated heterocycles. The second kappa shape index (κ2) is 5.94. The van der Waals surface area contributed by atoms with Gasteiger partial charge in [-0.3, -0.25) is 4.68 Å². The molecular weight excluding hydrogens is 326 g/mol. The Labute approximate surface area is 150 Å². The van der Waals surface area contributed by atoms with Gasteiger partial charge in [-0.25, -0.2) is 0 Å². The quantitative estimate of drug-likeness (QED) is 0.571. The molecule has 130 valence electrons. The fourth-order valence-corrected chi connectivity index (χ4v) is 3.70. The summed E-state index contributed by atoms with van der Waals surface area (Å²) in [4.78, 5) is 2.35. The predicted octanol–water partition coefficient (Wildman–Crippen LogP) is 2.87. The summed E-state index contributed by atoms with van der Waals surface area (Å²) in [5.74, 6) is 1.71. The van der Waals surface area contributed by atoms with E-state index in [4.69, 9.17) is 5.10 Å². The van der Waals surface area contributed by atoms with Crippen molar-refractivity contribution in [3.8, 4) is 11.4 Å². The second-order valence-corrected chi connectivity index (χ2v) is 6.65. The van der Waals surface area contributed by atoms with Crippen molar-refractivity contribution in [1.29, 1.82) is 0 Å². The van der Waals surface area contributed by atoms with Gasteiger partial charge in [-0.15, -0.1) is 15.3 Å². The Kier molecular flexibility index (Phi) is 3.44. The van der Waals surface area contributed by atoms with Crippen LogP contribution >= 0.6 is 0 Å². The zero-order valence-corrected chi connectivity index (χ0v) is 14.5. The van der Waals surface area contributed by atoms with E-state index in [9.17, 15) is 0 Å². The van der Waals surface area contributed by atoms with E-state index in [2.05, 4.69) is 26.4 Å². The maximum absolute atomic E-state index is 4.87. The van der Waals surface area contributed by atoms with Gasteiger partial charge in [0.25, 0.3) is 0 Å². The Bertz CT molecular complexity index is 1050. The Hall–Kier alpha value is -3.22. The third kappa shape index (κ3) is 2.44. The monoisotopic (exact) mass is 345 g/mol. The molecule has 0 unspecified atom stereocenters. The summed E-state index contributed by atoms with van der Waals surface area (Å²) in [6.07, 6.45) is 6.30. The van der Waals surface area contributed by atoms with Crippen LogP contribution in [0.25, 0.3) is 17.0 Å². The molecule has 0 amide bonds. The SMILES string of the molecule is Cn1cc([C@@H]2CCCN2c2ccc3nnc(-c4ccccc4)n3n2)cn1. The lowest BCUT2D eigenvalue weighted by Crippen LogP contribution is -2.24. The first kappa shape index (κ1) is 15.1. The van der Waals surface area contributed by atoms with E-state index >= 15 is 0 Å². The maximum atomic E-state index is 4.87. The number of aromatic nitrogens is 6. The lowest BCUT2D eigenvalue weighted by molar-refractivity contribution is 0.699. The Morgan fingerprint density at radius 1 is 1.04 bits per heavy atom. The number of rotatable bonds is 3. The highest BCUT2D eigenvalue weighted by molar-refractivity contribution is 5.59. The van der Waals surface area contributed by atoms with E-state index < -0.39 is 0 Å². The number of hydrogen-bond donors (Lipinski definition) is 0. The molecule has 4 aromatic rings. The van der Waals surface area contributed by atoms with E-state index in [1.165, 1.54) is 5.56 Å². The molecule has 4 heterocycles. The van der Waals surface area contributed by atoms with Crippen molar-refractivity contribution < 1.29 is 0 Å². The zero-order valence-electron chi connectivity index (χ0n) is 14.5. The summed E-state index contributed by atoms with van der Waals surface area (Å²) < 4.78 is 3.69. The minimum absolute atomic E-state index is 0.310. The van der Waals surface area contributed by atoms with Crippen LogP contribution in [0.15, 0.2) is 54.9 Å². The van der Waals surface area contributed by atoms with Gasteiger partial charge in [0.1, 0.15) is 5.82 Å². The highest BCUT2D eigenvalue weighted by atomic mass is 15.4. The second-order valence-electron chi connectivity index (χ2n) is 6.65. The van der Waals surface area contributed by atoms with Crippen LogP contribution in [-0.4, -0.2) is 36.1 Å². The van der Waals surface area contributed by atoms with E-state index in [0.29, 0.717) is 6.04 Å². The third-order valence-corrected chi connectivity index (χ3v) is 4.94. The minimum Gasteiger partial charge on any atom is -0.348 e. The minimum atomic E-state index is 0.310. The van der Waals surface area contributed by atoms with E-state index in [1.54, 1.807) is 0 Å². The van der Waals surface area contributed by atoms with Gasteiger partial charge in [-0.2, -0.15) is 9.61 Å². The number of aryl methyl sites for hydroxylation is 1. The van der Waals surface area contributed by atoms with Crippen molar-refractivity contribution in [3.63, 3.8) is 0 Å². The molecule has 26 heavy (non-hydrogen) atoms. The number of fused-ring (bicyclic) bond motifs is 1. The van der Waals surface area contributed by atoms with E-state index in [-0.39, 0.29) is 0 Å². The summed E-state index contributed by atoms with van der Waals surface area (Å²) in [5.41, 5.74) is 3.00. The van der Waals surface area contributed by atoms with Crippen LogP contribution in [-0.2, 0) is 7.05 Å². The lowest BCUT2D eigenvalue weighted by Gasteiger charge is -2.24. The van der Waals surface area contributed by atoms with Crippen LogP contribution < -0.4 is 4.90 Å². The first-order chi connectivity index (χ1) is 12.8. The van der Waals surface area contributed by atoms with Crippen LogP contribution in [0, 0.1) is 0 Å². The molecule has 0 saturated carbocycles. The number of benzene rings is 1. The first-order valence-electron chi connectivity index (χ1n) is 8.83. The molecule has 0 N–H and O–H groups in total. The lowest BCUT2D eigenvalue weighted by atomic mass is 10.1. The van der Waals surface area contributed by atoms with Crippen LogP contribution in [0.2, 0.25) is 0 Å². The smallest absolute Gasteiger partial charge is 0.185 e. The van der Waals surface area contributed by atoms with Gasteiger partial charge in [0.2, 0.25) is 0 Å². The first-order valence-corrected chi connectivity index (χ1v) is 8.83. The third-order valence-electron chi connectivity index (χ3n) is 4.94. The van der Waals surface area contributed by atoms with E-state index in [0.717, 1.165) is 42.2 Å². The van der Waals surface area contributed by atoms with Gasteiger partial charge >= 0.3 is 0 Å². The molecule has 0 spiro atoms. The van der Waals surface area contributed by atoms with Crippen LogP contribution in [0.5, 0.6) is 0 Å². The molecule has 7 heteroatoms. The van der Waals surface area contributed by atoms with E-state index in [1.807, 2.05) is 64.9 Å². The summed E-state index contributed by atoms with van der Waals surface area (Å²) in [6.45, 7) is 0.987. The standard InChI is InChI=1S/C19H19N7/c1-24-13-15(12-20-24)16-8-5-11-25(16)18-10-9-17-21-22-19(26(17)23-18)14-6-3-2-4-7-14/h2-4,6-7,9-10,12-13,16H,5,8,11H2,1H3/t16-/m0/s1. The van der Waals surface area contributed by atoms with Gasteiger partial charge in [0.05, 0.1) is 12.2 Å². The molecule has 1 aliphatic heterocycles. The van der Waals surface area contributed by atoms with Crippen molar-refractivity contribution in [2.45, 2.75) is 18.9 Å². The summed E-state index contributed by atoms with van der Waals surface area (Å²) in [7, 11) is 1.95. The maximum Gasteiger partial charge on any atom is 0.185 e. The average molecular weight is 345 g/mol. The molecule has 1 aromatic carbocycles. The molecule has 1 fully saturated rings. The zero-order chi connectivity index (χ0) is 17.5. The summed E-state index contributed by atoms with van der Waals surface area (Å²) >= 11 is 0. The normalized spacial score (nSPS) is 17.3. The molecule has 0 bridgehead atoms. The highest BCUT2D eigenvalue weighted by Crippen LogP contribution is 2.35. The largest absolute Gasteiger partial charge is 0.348 e. The molecule has 3 aromatic heterocycles. The topological polar surface area (TPSA) is 64.1 Å². The summed E-state index contributed by atoms with van der Waals surface area (Å²) in [6, 6.07) is 14.4. The number of anilines is 1. The fraction of sp³-hybridized carbons (Fsp3) is 0.263. The Morgan fingerprint density at radius 2 is 1.92 bits per heavy atom. The Balaban J connectivity index is 1.57.